The summed E-state index contributed by atoms with van der Waals surface area (Å²) in [7, 11) is 0.00233. The summed E-state index contributed by atoms with van der Waals surface area (Å²) in [5.74, 6) is 1.99. The molecule has 0 spiro atoms. The van der Waals surface area contributed by atoms with Crippen LogP contribution in [0.4, 0.5) is 0 Å². The predicted molar refractivity (Wildman–Crippen MR) is 120 cm³/mol. The Morgan fingerprint density at radius 2 is 1.35 bits per heavy atom. The van der Waals surface area contributed by atoms with E-state index in [9.17, 15) is 0 Å². The lowest BCUT2D eigenvalue weighted by molar-refractivity contribution is 0.497. The molecular weight excluding hydrogens is 331 g/mol. The Morgan fingerprint density at radius 1 is 0.846 bits per heavy atom. The zero-order valence-corrected chi connectivity index (χ0v) is 17.9. The van der Waals surface area contributed by atoms with Gasteiger partial charge in [0.1, 0.15) is 0 Å². The van der Waals surface area contributed by atoms with Crippen LogP contribution >= 0.6 is 7.92 Å². The van der Waals surface area contributed by atoms with Crippen LogP contribution in [0.5, 0.6) is 0 Å². The first-order valence-electron chi connectivity index (χ1n) is 11.2. The van der Waals surface area contributed by atoms with Gasteiger partial charge in [0, 0.05) is 0 Å². The smallest absolute Gasteiger partial charge is 0.0211 e. The molecule has 0 aliphatic heterocycles. The molecule has 0 N–H and O–H groups in total. The molecule has 0 bridgehead atoms. The summed E-state index contributed by atoms with van der Waals surface area (Å²) in [6.45, 7) is 6.30. The van der Waals surface area contributed by atoms with Crippen LogP contribution in [0.15, 0.2) is 24.8 Å². The van der Waals surface area contributed by atoms with Crippen molar-refractivity contribution in [3.8, 4) is 0 Å². The monoisotopic (exact) mass is 370 g/mol. The summed E-state index contributed by atoms with van der Waals surface area (Å²) in [5, 5.41) is 1.71. The maximum atomic E-state index is 3.96. The number of hydrogen-bond donors (Lipinski definition) is 0. The molecule has 1 aromatic carbocycles. The minimum atomic E-state index is 0.00233. The van der Waals surface area contributed by atoms with E-state index in [2.05, 4.69) is 31.7 Å². The van der Waals surface area contributed by atoms with Crippen molar-refractivity contribution in [1.82, 2.24) is 0 Å². The molecular formula is C25H39P. The fraction of sp³-hybridized carbons (Fsp3) is 0.680. The van der Waals surface area contributed by atoms with Crippen molar-refractivity contribution < 1.29 is 0 Å². The van der Waals surface area contributed by atoms with Gasteiger partial charge in [-0.15, -0.1) is 0 Å². The van der Waals surface area contributed by atoms with Gasteiger partial charge in [-0.1, -0.05) is 116 Å². The molecule has 144 valence electrons. The highest BCUT2D eigenvalue weighted by molar-refractivity contribution is 7.65. The van der Waals surface area contributed by atoms with E-state index in [0.717, 1.165) is 11.8 Å². The third-order valence-corrected chi connectivity index (χ3v) is 9.80. The summed E-state index contributed by atoms with van der Waals surface area (Å²) < 4.78 is 0. The highest BCUT2D eigenvalue weighted by Gasteiger charge is 2.24. The largest absolute Gasteiger partial charge is 0.0985 e. The molecule has 2 fully saturated rings. The van der Waals surface area contributed by atoms with Gasteiger partial charge < -0.3 is 0 Å². The van der Waals surface area contributed by atoms with Crippen LogP contribution in [-0.2, 0) is 0 Å². The second-order valence-electron chi connectivity index (χ2n) is 8.87. The minimum absolute atomic E-state index is 0.00233. The molecule has 0 unspecified atom stereocenters. The van der Waals surface area contributed by atoms with E-state index in [1.807, 2.05) is 6.08 Å². The highest BCUT2D eigenvalue weighted by atomic mass is 31.1. The number of benzene rings is 1. The van der Waals surface area contributed by atoms with Gasteiger partial charge in [-0.05, 0) is 47.5 Å². The summed E-state index contributed by atoms with van der Waals surface area (Å²) in [4.78, 5) is 0. The van der Waals surface area contributed by atoms with Crippen LogP contribution in [0.1, 0.15) is 88.2 Å². The predicted octanol–water partition coefficient (Wildman–Crippen LogP) is 7.69. The lowest BCUT2D eigenvalue weighted by Crippen LogP contribution is -2.18. The Morgan fingerprint density at radius 3 is 1.77 bits per heavy atom. The van der Waals surface area contributed by atoms with Gasteiger partial charge in [-0.3, -0.25) is 0 Å². The van der Waals surface area contributed by atoms with Crippen molar-refractivity contribution in [2.24, 2.45) is 11.8 Å². The Kier molecular flexibility index (Phi) is 8.25. The maximum absolute atomic E-state index is 3.96. The molecule has 0 aromatic heterocycles. The first kappa shape index (κ1) is 20.1. The van der Waals surface area contributed by atoms with Crippen LogP contribution in [0.2, 0.25) is 0 Å². The molecule has 0 heterocycles. The van der Waals surface area contributed by atoms with Gasteiger partial charge in [-0.2, -0.15) is 0 Å². The second kappa shape index (κ2) is 10.7. The normalized spacial score (nSPS) is 20.7. The van der Waals surface area contributed by atoms with E-state index >= 15 is 0 Å². The van der Waals surface area contributed by atoms with E-state index in [-0.39, 0.29) is 7.92 Å². The molecule has 1 heteroatoms. The van der Waals surface area contributed by atoms with E-state index in [1.165, 1.54) is 101 Å². The Balaban J connectivity index is 1.76. The molecule has 0 amide bonds. The van der Waals surface area contributed by atoms with E-state index in [4.69, 9.17) is 0 Å². The second-order valence-corrected chi connectivity index (χ2v) is 11.2. The highest BCUT2D eigenvalue weighted by Crippen LogP contribution is 2.45. The Labute approximate surface area is 163 Å². The van der Waals surface area contributed by atoms with Crippen LogP contribution in [0, 0.1) is 18.8 Å². The third-order valence-electron chi connectivity index (χ3n) is 6.70. The third kappa shape index (κ3) is 5.95. The molecule has 2 saturated carbocycles. The van der Waals surface area contributed by atoms with E-state index in [1.54, 1.807) is 5.30 Å². The number of hydrogen-bond acceptors (Lipinski definition) is 0. The zero-order chi connectivity index (χ0) is 18.2. The molecule has 0 nitrogen and oxygen atoms in total. The van der Waals surface area contributed by atoms with Gasteiger partial charge in [0.05, 0.1) is 0 Å². The lowest BCUT2D eigenvalue weighted by Gasteiger charge is -2.28. The molecule has 2 aliphatic rings. The molecule has 1 aromatic rings. The SMILES string of the molecule is C=Cc1ccc(P(CC2CCCCCC2)CC2CCCCCC2)c(C)c1. The van der Waals surface area contributed by atoms with Crippen LogP contribution < -0.4 is 5.30 Å². The van der Waals surface area contributed by atoms with Gasteiger partial charge in [0.15, 0.2) is 0 Å². The van der Waals surface area contributed by atoms with Crippen LogP contribution in [-0.4, -0.2) is 12.3 Å². The maximum Gasteiger partial charge on any atom is -0.0211 e. The summed E-state index contributed by atoms with van der Waals surface area (Å²) in [5.41, 5.74) is 2.81. The van der Waals surface area contributed by atoms with Crippen LogP contribution in [0.25, 0.3) is 6.08 Å². The standard InChI is InChI=1S/C25H39P/c1-3-22-16-17-25(21(2)18-22)26(19-23-12-8-4-5-9-13-23)20-24-14-10-6-7-11-15-24/h3,16-18,23-24H,1,4-15,19-20H2,2H3. The topological polar surface area (TPSA) is 0 Å². The lowest BCUT2D eigenvalue weighted by atomic mass is 10.0. The minimum Gasteiger partial charge on any atom is -0.0985 e. The average Bonchev–Trinajstić information content (AvgIpc) is 3.06. The first-order chi connectivity index (χ1) is 12.8. The van der Waals surface area contributed by atoms with E-state index in [0.29, 0.717) is 0 Å². The molecule has 0 saturated heterocycles. The van der Waals surface area contributed by atoms with Crippen molar-refractivity contribution >= 4 is 19.3 Å². The summed E-state index contributed by atoms with van der Waals surface area (Å²) in [6, 6.07) is 7.15. The number of aryl methyl sites for hydroxylation is 1. The summed E-state index contributed by atoms with van der Waals surface area (Å²) >= 11 is 0. The van der Waals surface area contributed by atoms with Crippen molar-refractivity contribution in [3.05, 3.63) is 35.9 Å². The first-order valence-corrected chi connectivity index (χ1v) is 13.0. The van der Waals surface area contributed by atoms with Gasteiger partial charge in [0.2, 0.25) is 0 Å². The quantitative estimate of drug-likeness (QED) is 0.356. The van der Waals surface area contributed by atoms with E-state index < -0.39 is 0 Å². The molecule has 0 atom stereocenters. The van der Waals surface area contributed by atoms with Crippen LogP contribution in [0.3, 0.4) is 0 Å². The molecule has 26 heavy (non-hydrogen) atoms. The molecule has 0 radical (unpaired) electrons. The average molecular weight is 371 g/mol. The number of rotatable bonds is 6. The zero-order valence-electron chi connectivity index (χ0n) is 17.0. The van der Waals surface area contributed by atoms with Gasteiger partial charge >= 0.3 is 0 Å². The fourth-order valence-corrected chi connectivity index (χ4v) is 8.52. The van der Waals surface area contributed by atoms with Crippen molar-refractivity contribution in [2.45, 2.75) is 84.0 Å². The van der Waals surface area contributed by atoms with Crippen molar-refractivity contribution in [3.63, 3.8) is 0 Å². The molecule has 3 rings (SSSR count). The Hall–Kier alpha value is -0.610. The van der Waals surface area contributed by atoms with Crippen molar-refractivity contribution in [2.75, 3.05) is 12.3 Å². The van der Waals surface area contributed by atoms with Crippen molar-refractivity contribution in [1.29, 1.82) is 0 Å². The van der Waals surface area contributed by atoms with Gasteiger partial charge in [0.25, 0.3) is 0 Å². The van der Waals surface area contributed by atoms with Gasteiger partial charge in [-0.25, -0.2) is 0 Å². The molecule has 2 aliphatic carbocycles. The Bertz CT molecular complexity index is 523. The summed E-state index contributed by atoms with van der Waals surface area (Å²) in [6.07, 6.45) is 22.8. The fourth-order valence-electron chi connectivity index (χ4n) is 5.15.